The van der Waals surface area contributed by atoms with Crippen molar-refractivity contribution >= 4 is 22.6 Å². The quantitative estimate of drug-likeness (QED) is 0.824. The van der Waals surface area contributed by atoms with Crippen LogP contribution in [0.15, 0.2) is 30.5 Å². The Morgan fingerprint density at radius 2 is 2.06 bits per heavy atom. The molecule has 0 saturated carbocycles. The Morgan fingerprint density at radius 1 is 1.29 bits per heavy atom. The number of hydrogen-bond acceptors (Lipinski definition) is 4. The third kappa shape index (κ3) is 3.05. The van der Waals surface area contributed by atoms with E-state index in [0.717, 1.165) is 11.0 Å². The largest absolute Gasteiger partial charge is 0.476 e. The first-order valence-electron chi connectivity index (χ1n) is 5.44. The van der Waals surface area contributed by atoms with Gasteiger partial charge in [-0.05, 0) is 18.7 Å². The maximum atomic E-state index is 5.73. The minimum absolute atomic E-state index is 0.143. The van der Waals surface area contributed by atoms with E-state index in [2.05, 4.69) is 9.97 Å². The summed E-state index contributed by atoms with van der Waals surface area (Å²) >= 11 is 5.73. The number of nitrogens with two attached hydrogens (primary N) is 1. The summed E-state index contributed by atoms with van der Waals surface area (Å²) in [6, 6.07) is 7.66. The van der Waals surface area contributed by atoms with Crippen LogP contribution in [0.4, 0.5) is 0 Å². The number of rotatable bonds is 5. The van der Waals surface area contributed by atoms with Gasteiger partial charge < -0.3 is 10.5 Å². The van der Waals surface area contributed by atoms with Crippen LogP contribution in [-0.2, 0) is 0 Å². The van der Waals surface area contributed by atoms with Gasteiger partial charge in [-0.2, -0.15) is 0 Å². The highest BCUT2D eigenvalue weighted by molar-refractivity contribution is 6.18. The van der Waals surface area contributed by atoms with Crippen molar-refractivity contribution in [1.29, 1.82) is 0 Å². The summed E-state index contributed by atoms with van der Waals surface area (Å²) in [5.74, 6) is 1.13. The standard InChI is InChI=1S/C12H14ClN3O/c13-5-9(6-14)8-17-12-7-15-10-3-1-2-4-11(10)16-12/h1-4,7,9H,5-6,8,14H2. The van der Waals surface area contributed by atoms with Crippen LogP contribution in [0.1, 0.15) is 0 Å². The lowest BCUT2D eigenvalue weighted by molar-refractivity contribution is 0.256. The zero-order valence-electron chi connectivity index (χ0n) is 9.34. The van der Waals surface area contributed by atoms with Crippen LogP contribution in [0.3, 0.4) is 0 Å². The Labute approximate surface area is 105 Å². The molecule has 4 nitrogen and oxygen atoms in total. The van der Waals surface area contributed by atoms with Gasteiger partial charge in [-0.1, -0.05) is 12.1 Å². The smallest absolute Gasteiger partial charge is 0.232 e. The fourth-order valence-corrected chi connectivity index (χ4v) is 1.60. The summed E-state index contributed by atoms with van der Waals surface area (Å²) in [4.78, 5) is 8.61. The lowest BCUT2D eigenvalue weighted by Gasteiger charge is -2.11. The second-order valence-corrected chi connectivity index (χ2v) is 4.07. The molecule has 0 aliphatic carbocycles. The number of aromatic nitrogens is 2. The molecule has 1 unspecified atom stereocenters. The van der Waals surface area contributed by atoms with Crippen molar-refractivity contribution in [3.05, 3.63) is 30.5 Å². The Kier molecular flexibility index (Phi) is 4.12. The third-order valence-electron chi connectivity index (χ3n) is 2.44. The molecule has 90 valence electrons. The van der Waals surface area contributed by atoms with Gasteiger partial charge in [0.15, 0.2) is 0 Å². The van der Waals surface area contributed by atoms with Gasteiger partial charge in [0.25, 0.3) is 0 Å². The summed E-state index contributed by atoms with van der Waals surface area (Å²) in [5, 5.41) is 0. The molecule has 0 aliphatic rings. The van der Waals surface area contributed by atoms with Gasteiger partial charge in [-0.15, -0.1) is 11.6 Å². The molecule has 0 bridgehead atoms. The van der Waals surface area contributed by atoms with E-state index in [-0.39, 0.29) is 5.92 Å². The van der Waals surface area contributed by atoms with E-state index in [1.54, 1.807) is 6.20 Å². The van der Waals surface area contributed by atoms with Gasteiger partial charge >= 0.3 is 0 Å². The Bertz CT molecular complexity index is 488. The summed E-state index contributed by atoms with van der Waals surface area (Å²) < 4.78 is 5.52. The van der Waals surface area contributed by atoms with E-state index >= 15 is 0 Å². The van der Waals surface area contributed by atoms with Crippen LogP contribution < -0.4 is 10.5 Å². The fraction of sp³-hybridized carbons (Fsp3) is 0.333. The number of benzene rings is 1. The Balaban J connectivity index is 2.09. The van der Waals surface area contributed by atoms with E-state index < -0.39 is 0 Å². The molecule has 0 aliphatic heterocycles. The highest BCUT2D eigenvalue weighted by Crippen LogP contribution is 2.13. The molecule has 17 heavy (non-hydrogen) atoms. The number of fused-ring (bicyclic) bond motifs is 1. The molecule has 5 heteroatoms. The van der Waals surface area contributed by atoms with Crippen LogP contribution in [0.25, 0.3) is 11.0 Å². The fourth-order valence-electron chi connectivity index (χ4n) is 1.39. The van der Waals surface area contributed by atoms with Crippen LogP contribution in [0, 0.1) is 5.92 Å². The molecular weight excluding hydrogens is 238 g/mol. The maximum Gasteiger partial charge on any atom is 0.232 e. The molecule has 1 aromatic carbocycles. The first kappa shape index (κ1) is 12.1. The number of ether oxygens (including phenoxy) is 1. The van der Waals surface area contributed by atoms with E-state index in [4.69, 9.17) is 22.1 Å². The van der Waals surface area contributed by atoms with Gasteiger partial charge in [-0.3, -0.25) is 0 Å². The molecule has 0 spiro atoms. The highest BCUT2D eigenvalue weighted by atomic mass is 35.5. The van der Waals surface area contributed by atoms with Gasteiger partial charge in [0.2, 0.25) is 5.88 Å². The predicted octanol–water partition coefficient (Wildman–Crippen LogP) is 1.82. The number of nitrogens with zero attached hydrogens (tertiary/aromatic N) is 2. The van der Waals surface area contributed by atoms with Crippen LogP contribution in [0.2, 0.25) is 0 Å². The monoisotopic (exact) mass is 251 g/mol. The topological polar surface area (TPSA) is 61.0 Å². The summed E-state index contributed by atoms with van der Waals surface area (Å²) in [6.07, 6.45) is 1.62. The normalized spacial score (nSPS) is 12.6. The van der Waals surface area contributed by atoms with Crippen molar-refractivity contribution in [3.63, 3.8) is 0 Å². The maximum absolute atomic E-state index is 5.73. The number of hydrogen-bond donors (Lipinski definition) is 1. The van der Waals surface area contributed by atoms with Crippen LogP contribution >= 0.6 is 11.6 Å². The van der Waals surface area contributed by atoms with Gasteiger partial charge in [0.1, 0.15) is 0 Å². The van der Waals surface area contributed by atoms with Crippen molar-refractivity contribution in [1.82, 2.24) is 9.97 Å². The molecule has 2 aromatic rings. The molecule has 2 rings (SSSR count). The van der Waals surface area contributed by atoms with E-state index in [9.17, 15) is 0 Å². The molecule has 0 fully saturated rings. The SMILES string of the molecule is NCC(CCl)COc1cnc2ccccc2n1. The lowest BCUT2D eigenvalue weighted by atomic mass is 10.2. The van der Waals surface area contributed by atoms with Crippen molar-refractivity contribution in [3.8, 4) is 5.88 Å². The van der Waals surface area contributed by atoms with E-state index in [0.29, 0.717) is 24.9 Å². The second-order valence-electron chi connectivity index (χ2n) is 3.76. The number of para-hydroxylation sites is 2. The van der Waals surface area contributed by atoms with Crippen molar-refractivity contribution in [2.24, 2.45) is 11.7 Å². The zero-order valence-corrected chi connectivity index (χ0v) is 10.1. The van der Waals surface area contributed by atoms with E-state index in [1.165, 1.54) is 0 Å². The molecule has 1 aromatic heterocycles. The van der Waals surface area contributed by atoms with Crippen molar-refractivity contribution in [2.45, 2.75) is 0 Å². The van der Waals surface area contributed by atoms with E-state index in [1.807, 2.05) is 24.3 Å². The van der Waals surface area contributed by atoms with Gasteiger partial charge in [-0.25, -0.2) is 9.97 Å². The summed E-state index contributed by atoms with van der Waals surface area (Å²) in [7, 11) is 0. The Morgan fingerprint density at radius 3 is 2.76 bits per heavy atom. The molecule has 1 heterocycles. The van der Waals surface area contributed by atoms with Crippen molar-refractivity contribution in [2.75, 3.05) is 19.0 Å². The third-order valence-corrected chi connectivity index (χ3v) is 2.88. The first-order chi connectivity index (χ1) is 8.33. The molecule has 2 N–H and O–H groups in total. The average molecular weight is 252 g/mol. The minimum atomic E-state index is 0.143. The molecule has 0 amide bonds. The summed E-state index contributed by atoms with van der Waals surface area (Å²) in [5.41, 5.74) is 7.21. The minimum Gasteiger partial charge on any atom is -0.476 e. The van der Waals surface area contributed by atoms with Crippen LogP contribution in [0.5, 0.6) is 5.88 Å². The zero-order chi connectivity index (χ0) is 12.1. The van der Waals surface area contributed by atoms with Crippen molar-refractivity contribution < 1.29 is 4.74 Å². The average Bonchev–Trinajstić information content (AvgIpc) is 2.40. The first-order valence-corrected chi connectivity index (χ1v) is 5.97. The van der Waals surface area contributed by atoms with Gasteiger partial charge in [0.05, 0.1) is 23.8 Å². The predicted molar refractivity (Wildman–Crippen MR) is 68.3 cm³/mol. The molecule has 0 radical (unpaired) electrons. The molecule has 0 saturated heterocycles. The lowest BCUT2D eigenvalue weighted by Crippen LogP contribution is -2.23. The van der Waals surface area contributed by atoms with Gasteiger partial charge in [0, 0.05) is 11.8 Å². The molecular formula is C12H14ClN3O. The van der Waals surface area contributed by atoms with Crippen LogP contribution in [-0.4, -0.2) is 29.0 Å². The number of halogens is 1. The highest BCUT2D eigenvalue weighted by Gasteiger charge is 2.07. The second kappa shape index (κ2) is 5.80. The summed E-state index contributed by atoms with van der Waals surface area (Å²) in [6.45, 7) is 0.970. The number of alkyl halides is 1. The Hall–Kier alpha value is -1.39. The molecule has 1 atom stereocenters.